The Morgan fingerprint density at radius 3 is 2.64 bits per heavy atom. The van der Waals surface area contributed by atoms with Gasteiger partial charge in [0.1, 0.15) is 15.8 Å². The van der Waals surface area contributed by atoms with Crippen LogP contribution in [0.1, 0.15) is 28.2 Å². The fourth-order valence-corrected chi connectivity index (χ4v) is 5.82. The van der Waals surface area contributed by atoms with Crippen LogP contribution in [-0.4, -0.2) is 22.6 Å². The second-order valence-corrected chi connectivity index (χ2v) is 9.81. The Kier molecular flexibility index (Phi) is 6.85. The number of ether oxygens (including phenoxy) is 1. The van der Waals surface area contributed by atoms with E-state index in [0.29, 0.717) is 33.4 Å². The van der Waals surface area contributed by atoms with Crippen molar-refractivity contribution in [2.45, 2.75) is 37.7 Å². The van der Waals surface area contributed by atoms with E-state index in [2.05, 4.69) is 5.32 Å². The minimum Gasteiger partial charge on any atom is -0.497 e. The summed E-state index contributed by atoms with van der Waals surface area (Å²) >= 11 is 2.80. The van der Waals surface area contributed by atoms with Crippen LogP contribution >= 0.6 is 23.1 Å². The average Bonchev–Trinajstić information content (AvgIpc) is 3.11. The second kappa shape index (κ2) is 9.80. The Bertz CT molecular complexity index is 1360. The molecule has 1 N–H and O–H groups in total. The molecule has 2 heterocycles. The summed E-state index contributed by atoms with van der Waals surface area (Å²) in [6, 6.07) is 16.8. The summed E-state index contributed by atoms with van der Waals surface area (Å²) in [5.41, 5.74) is 2.38. The predicted octanol–water partition coefficient (Wildman–Crippen LogP) is 5.58. The van der Waals surface area contributed by atoms with Crippen LogP contribution in [0.25, 0.3) is 10.2 Å². The van der Waals surface area contributed by atoms with E-state index in [9.17, 15) is 9.59 Å². The van der Waals surface area contributed by atoms with Crippen molar-refractivity contribution < 1.29 is 9.53 Å². The first-order valence-corrected chi connectivity index (χ1v) is 12.3. The molecule has 0 fully saturated rings. The van der Waals surface area contributed by atoms with Crippen molar-refractivity contribution in [3.63, 3.8) is 0 Å². The number of hydrogen-bond donors (Lipinski definition) is 1. The van der Waals surface area contributed by atoms with Crippen LogP contribution in [0.4, 0.5) is 5.69 Å². The minimum absolute atomic E-state index is 0.0631. The van der Waals surface area contributed by atoms with E-state index >= 15 is 0 Å². The summed E-state index contributed by atoms with van der Waals surface area (Å²) < 4.78 is 6.92. The molecule has 6 nitrogen and oxygen atoms in total. The SMILES string of the molecule is CCn1c(SC(C(=O)Nc2cccc(OC)c2)c2ccccc2)nc2sc(C)c(C)c2c1=O. The zero-order chi connectivity index (χ0) is 23.5. The van der Waals surface area contributed by atoms with Gasteiger partial charge in [-0.25, -0.2) is 4.98 Å². The zero-order valence-electron chi connectivity index (χ0n) is 18.9. The van der Waals surface area contributed by atoms with E-state index < -0.39 is 5.25 Å². The number of anilines is 1. The lowest BCUT2D eigenvalue weighted by molar-refractivity contribution is -0.115. The number of thioether (sulfide) groups is 1. The summed E-state index contributed by atoms with van der Waals surface area (Å²) in [6.07, 6.45) is 0. The van der Waals surface area contributed by atoms with E-state index in [1.54, 1.807) is 17.7 Å². The number of nitrogens with zero attached hydrogens (tertiary/aromatic N) is 2. The molecule has 0 spiro atoms. The lowest BCUT2D eigenvalue weighted by Gasteiger charge is -2.19. The molecule has 0 saturated heterocycles. The molecule has 2 aromatic heterocycles. The first-order chi connectivity index (χ1) is 15.9. The van der Waals surface area contributed by atoms with Crippen LogP contribution in [0.3, 0.4) is 0 Å². The van der Waals surface area contributed by atoms with Gasteiger partial charge >= 0.3 is 0 Å². The molecule has 0 aliphatic heterocycles. The number of carbonyl (C=O) groups excluding carboxylic acids is 1. The van der Waals surface area contributed by atoms with Crippen LogP contribution in [0.15, 0.2) is 64.5 Å². The third-order valence-corrected chi connectivity index (χ3v) is 7.82. The summed E-state index contributed by atoms with van der Waals surface area (Å²) in [6.45, 7) is 6.34. The number of rotatable bonds is 7. The fraction of sp³-hybridized carbons (Fsp3) is 0.240. The normalized spacial score (nSPS) is 12.0. The number of benzene rings is 2. The molecule has 33 heavy (non-hydrogen) atoms. The molecule has 170 valence electrons. The highest BCUT2D eigenvalue weighted by molar-refractivity contribution is 8.00. The molecule has 0 saturated carbocycles. The predicted molar refractivity (Wildman–Crippen MR) is 136 cm³/mol. The topological polar surface area (TPSA) is 73.2 Å². The van der Waals surface area contributed by atoms with Crippen LogP contribution in [0.2, 0.25) is 0 Å². The number of methoxy groups -OCH3 is 1. The molecule has 4 rings (SSSR count). The van der Waals surface area contributed by atoms with Crippen molar-refractivity contribution in [3.05, 3.63) is 81.0 Å². The van der Waals surface area contributed by atoms with Gasteiger partial charge in [-0.3, -0.25) is 14.2 Å². The van der Waals surface area contributed by atoms with Crippen molar-refractivity contribution in [1.29, 1.82) is 0 Å². The number of hydrogen-bond acceptors (Lipinski definition) is 6. The molecular weight excluding hydrogens is 454 g/mol. The third kappa shape index (κ3) is 4.67. The molecule has 1 unspecified atom stereocenters. The van der Waals surface area contributed by atoms with Crippen molar-refractivity contribution in [2.24, 2.45) is 0 Å². The maximum Gasteiger partial charge on any atom is 0.263 e. The Labute approximate surface area is 200 Å². The van der Waals surface area contributed by atoms with Gasteiger partial charge in [-0.15, -0.1) is 11.3 Å². The lowest BCUT2D eigenvalue weighted by atomic mass is 10.1. The van der Waals surface area contributed by atoms with Crippen molar-refractivity contribution in [3.8, 4) is 5.75 Å². The van der Waals surface area contributed by atoms with E-state index in [1.165, 1.54) is 23.1 Å². The van der Waals surface area contributed by atoms with Gasteiger partial charge in [0.05, 0.1) is 12.5 Å². The van der Waals surface area contributed by atoms with Gasteiger partial charge in [-0.05, 0) is 44.0 Å². The average molecular weight is 480 g/mol. The smallest absolute Gasteiger partial charge is 0.263 e. The van der Waals surface area contributed by atoms with Gasteiger partial charge < -0.3 is 10.1 Å². The highest BCUT2D eigenvalue weighted by Gasteiger charge is 2.26. The van der Waals surface area contributed by atoms with Crippen LogP contribution < -0.4 is 15.6 Å². The largest absolute Gasteiger partial charge is 0.497 e. The molecule has 0 aliphatic carbocycles. The molecule has 0 radical (unpaired) electrons. The number of fused-ring (bicyclic) bond motifs is 1. The Morgan fingerprint density at radius 2 is 1.94 bits per heavy atom. The number of amides is 1. The number of aromatic nitrogens is 2. The maximum atomic E-state index is 13.4. The summed E-state index contributed by atoms with van der Waals surface area (Å²) in [5.74, 6) is 0.460. The molecular formula is C25H25N3O3S2. The minimum atomic E-state index is -0.596. The molecule has 2 aromatic carbocycles. The van der Waals surface area contributed by atoms with Crippen molar-refractivity contribution in [2.75, 3.05) is 12.4 Å². The molecule has 8 heteroatoms. The molecule has 1 atom stereocenters. The summed E-state index contributed by atoms with van der Waals surface area (Å²) in [4.78, 5) is 33.3. The number of carbonyl (C=O) groups is 1. The van der Waals surface area contributed by atoms with Crippen molar-refractivity contribution >= 4 is 44.9 Å². The van der Waals surface area contributed by atoms with Gasteiger partial charge in [0.25, 0.3) is 5.56 Å². The molecule has 4 aromatic rings. The Morgan fingerprint density at radius 1 is 1.18 bits per heavy atom. The summed E-state index contributed by atoms with van der Waals surface area (Å²) in [7, 11) is 1.59. The van der Waals surface area contributed by atoms with Gasteiger partial charge in [0, 0.05) is 23.2 Å². The maximum absolute atomic E-state index is 13.4. The van der Waals surface area contributed by atoms with Crippen LogP contribution in [0.5, 0.6) is 5.75 Å². The summed E-state index contributed by atoms with van der Waals surface area (Å²) in [5, 5.41) is 3.59. The van der Waals surface area contributed by atoms with E-state index in [-0.39, 0.29) is 11.5 Å². The second-order valence-electron chi connectivity index (χ2n) is 7.54. The zero-order valence-corrected chi connectivity index (χ0v) is 20.5. The Balaban J connectivity index is 1.75. The van der Waals surface area contributed by atoms with Crippen LogP contribution in [0, 0.1) is 13.8 Å². The molecule has 0 aliphatic rings. The number of nitrogens with one attached hydrogen (secondary N) is 1. The first-order valence-electron chi connectivity index (χ1n) is 10.6. The molecule has 0 bridgehead atoms. The number of thiophene rings is 1. The van der Waals surface area contributed by atoms with Gasteiger partial charge in [0.2, 0.25) is 5.91 Å². The fourth-order valence-electron chi connectivity index (χ4n) is 3.59. The van der Waals surface area contributed by atoms with E-state index in [1.807, 2.05) is 69.3 Å². The van der Waals surface area contributed by atoms with Crippen molar-refractivity contribution in [1.82, 2.24) is 9.55 Å². The van der Waals surface area contributed by atoms with Crippen LogP contribution in [-0.2, 0) is 11.3 Å². The lowest BCUT2D eigenvalue weighted by Crippen LogP contribution is -2.24. The monoisotopic (exact) mass is 479 g/mol. The number of aryl methyl sites for hydroxylation is 2. The first kappa shape index (κ1) is 23.1. The third-order valence-electron chi connectivity index (χ3n) is 5.47. The van der Waals surface area contributed by atoms with E-state index in [0.717, 1.165) is 16.0 Å². The Hall–Kier alpha value is -3.10. The van der Waals surface area contributed by atoms with Gasteiger partial charge in [-0.1, -0.05) is 48.2 Å². The highest BCUT2D eigenvalue weighted by atomic mass is 32.2. The van der Waals surface area contributed by atoms with E-state index in [4.69, 9.17) is 9.72 Å². The van der Waals surface area contributed by atoms with Gasteiger partial charge in [0.15, 0.2) is 5.16 Å². The highest BCUT2D eigenvalue weighted by Crippen LogP contribution is 2.37. The standard InChI is InChI=1S/C25H25N3O3S2/c1-5-28-24(30)20-15(2)16(3)32-23(20)27-25(28)33-21(17-10-7-6-8-11-17)22(29)26-18-12-9-13-19(14-18)31-4/h6-14,21H,5H2,1-4H3,(H,26,29). The van der Waals surface area contributed by atoms with Gasteiger partial charge in [-0.2, -0.15) is 0 Å². The quantitative estimate of drug-likeness (QED) is 0.277. The molecule has 1 amide bonds.